The van der Waals surface area contributed by atoms with Crippen LogP contribution in [0.25, 0.3) is 0 Å². The van der Waals surface area contributed by atoms with E-state index in [-0.39, 0.29) is 11.7 Å². The molecule has 1 aromatic rings. The van der Waals surface area contributed by atoms with Gasteiger partial charge in [-0.25, -0.2) is 8.78 Å². The number of benzene rings is 1. The molecule has 1 aliphatic rings. The zero-order valence-electron chi connectivity index (χ0n) is 10.8. The summed E-state index contributed by atoms with van der Waals surface area (Å²) in [6, 6.07) is 2.42. The summed E-state index contributed by atoms with van der Waals surface area (Å²) in [5, 5.41) is 0. The largest absolute Gasteiger partial charge is 0.395 e. The van der Waals surface area contributed by atoms with E-state index in [1.165, 1.54) is 6.07 Å². The van der Waals surface area contributed by atoms with Crippen molar-refractivity contribution in [1.29, 1.82) is 0 Å². The maximum Gasteiger partial charge on any atom is 0.151 e. The summed E-state index contributed by atoms with van der Waals surface area (Å²) in [5.41, 5.74) is 6.25. The van der Waals surface area contributed by atoms with Crippen molar-refractivity contribution in [3.05, 3.63) is 23.8 Å². The fourth-order valence-electron chi connectivity index (χ4n) is 2.57. The normalized spacial score (nSPS) is 19.8. The van der Waals surface area contributed by atoms with E-state index in [2.05, 4.69) is 4.90 Å². The standard InChI is InChI=1S/C13H19F2N3/c1-17(2)8-10-4-3-5-18(10)12-7-9(14)6-11(15)13(12)16/h6-7,10H,3-5,8,16H2,1-2H3. The third kappa shape index (κ3) is 2.56. The molecule has 0 amide bonds. The number of anilines is 2. The van der Waals surface area contributed by atoms with E-state index in [0.717, 1.165) is 32.0 Å². The van der Waals surface area contributed by atoms with E-state index in [4.69, 9.17) is 5.73 Å². The highest BCUT2D eigenvalue weighted by atomic mass is 19.1. The van der Waals surface area contributed by atoms with Crippen LogP contribution in [0.1, 0.15) is 12.8 Å². The van der Waals surface area contributed by atoms with Gasteiger partial charge in [-0.2, -0.15) is 0 Å². The maximum atomic E-state index is 13.5. The van der Waals surface area contributed by atoms with Crippen molar-refractivity contribution >= 4 is 11.4 Å². The summed E-state index contributed by atoms with van der Waals surface area (Å²) in [4.78, 5) is 4.09. The maximum absolute atomic E-state index is 13.5. The summed E-state index contributed by atoms with van der Waals surface area (Å²) in [7, 11) is 3.98. The van der Waals surface area contributed by atoms with E-state index in [1.54, 1.807) is 0 Å². The summed E-state index contributed by atoms with van der Waals surface area (Å²) < 4.78 is 26.8. The van der Waals surface area contributed by atoms with Crippen molar-refractivity contribution in [2.45, 2.75) is 18.9 Å². The molecule has 18 heavy (non-hydrogen) atoms. The lowest BCUT2D eigenvalue weighted by atomic mass is 10.1. The fraction of sp³-hybridized carbons (Fsp3) is 0.538. The number of nitrogens with zero attached hydrogens (tertiary/aromatic N) is 2. The van der Waals surface area contributed by atoms with Crippen molar-refractivity contribution < 1.29 is 8.78 Å². The zero-order chi connectivity index (χ0) is 13.3. The SMILES string of the molecule is CN(C)CC1CCCN1c1cc(F)cc(F)c1N. The van der Waals surface area contributed by atoms with E-state index in [9.17, 15) is 8.78 Å². The second-order valence-electron chi connectivity index (χ2n) is 5.07. The summed E-state index contributed by atoms with van der Waals surface area (Å²) in [6.07, 6.45) is 2.05. The Morgan fingerprint density at radius 1 is 1.39 bits per heavy atom. The highest BCUT2D eigenvalue weighted by Crippen LogP contribution is 2.33. The lowest BCUT2D eigenvalue weighted by Gasteiger charge is -2.30. The van der Waals surface area contributed by atoms with Gasteiger partial charge in [0.25, 0.3) is 0 Å². The molecular weight excluding hydrogens is 236 g/mol. The number of hydrogen-bond acceptors (Lipinski definition) is 3. The molecule has 1 saturated heterocycles. The quantitative estimate of drug-likeness (QED) is 0.839. The third-order valence-corrected chi connectivity index (χ3v) is 3.33. The molecule has 0 aliphatic carbocycles. The molecule has 0 saturated carbocycles. The fourth-order valence-corrected chi connectivity index (χ4v) is 2.57. The van der Waals surface area contributed by atoms with Crippen LogP contribution in [0.3, 0.4) is 0 Å². The smallest absolute Gasteiger partial charge is 0.151 e. The molecule has 0 radical (unpaired) electrons. The van der Waals surface area contributed by atoms with Crippen molar-refractivity contribution in [3.63, 3.8) is 0 Å². The number of hydrogen-bond donors (Lipinski definition) is 1. The lowest BCUT2D eigenvalue weighted by Crippen LogP contribution is -2.38. The van der Waals surface area contributed by atoms with Crippen LogP contribution in [-0.2, 0) is 0 Å². The van der Waals surface area contributed by atoms with Crippen molar-refractivity contribution in [2.75, 3.05) is 37.8 Å². The minimum Gasteiger partial charge on any atom is -0.395 e. The minimum atomic E-state index is -0.680. The Hall–Kier alpha value is -1.36. The average molecular weight is 255 g/mol. The van der Waals surface area contributed by atoms with Crippen molar-refractivity contribution in [3.8, 4) is 0 Å². The van der Waals surface area contributed by atoms with Gasteiger partial charge < -0.3 is 15.5 Å². The molecule has 3 nitrogen and oxygen atoms in total. The first-order chi connectivity index (χ1) is 8.49. The Morgan fingerprint density at radius 3 is 2.78 bits per heavy atom. The predicted octanol–water partition coefficient (Wildman–Crippen LogP) is 2.08. The Kier molecular flexibility index (Phi) is 3.71. The highest BCUT2D eigenvalue weighted by molar-refractivity contribution is 5.69. The second-order valence-corrected chi connectivity index (χ2v) is 5.07. The van der Waals surface area contributed by atoms with E-state index >= 15 is 0 Å². The van der Waals surface area contributed by atoms with Crippen LogP contribution in [0.15, 0.2) is 12.1 Å². The van der Waals surface area contributed by atoms with E-state index < -0.39 is 11.6 Å². The van der Waals surface area contributed by atoms with Crippen LogP contribution in [-0.4, -0.2) is 38.1 Å². The first kappa shape index (κ1) is 13.1. The predicted molar refractivity (Wildman–Crippen MR) is 69.7 cm³/mol. The monoisotopic (exact) mass is 255 g/mol. The topological polar surface area (TPSA) is 32.5 Å². The Bertz CT molecular complexity index is 434. The van der Waals surface area contributed by atoms with Gasteiger partial charge >= 0.3 is 0 Å². The minimum absolute atomic E-state index is 0.0436. The van der Waals surface area contributed by atoms with Gasteiger partial charge in [0.2, 0.25) is 0 Å². The lowest BCUT2D eigenvalue weighted by molar-refractivity contribution is 0.372. The first-order valence-corrected chi connectivity index (χ1v) is 6.15. The van der Waals surface area contributed by atoms with Crippen LogP contribution >= 0.6 is 0 Å². The molecule has 0 spiro atoms. The number of rotatable bonds is 3. The molecular formula is C13H19F2N3. The van der Waals surface area contributed by atoms with Gasteiger partial charge in [0.05, 0.1) is 11.4 Å². The van der Waals surface area contributed by atoms with Crippen LogP contribution in [0.2, 0.25) is 0 Å². The summed E-state index contributed by atoms with van der Waals surface area (Å²) in [6.45, 7) is 1.66. The number of halogens is 2. The van der Waals surface area contributed by atoms with Crippen LogP contribution in [0.4, 0.5) is 20.2 Å². The second kappa shape index (κ2) is 5.10. The summed E-state index contributed by atoms with van der Waals surface area (Å²) >= 11 is 0. The molecule has 100 valence electrons. The molecule has 2 N–H and O–H groups in total. The summed E-state index contributed by atoms with van der Waals surface area (Å²) in [5.74, 6) is -1.26. The van der Waals surface area contributed by atoms with Gasteiger partial charge in [0.15, 0.2) is 5.82 Å². The number of nitrogens with two attached hydrogens (primary N) is 1. The van der Waals surface area contributed by atoms with Crippen LogP contribution in [0.5, 0.6) is 0 Å². The van der Waals surface area contributed by atoms with E-state index in [0.29, 0.717) is 5.69 Å². The first-order valence-electron chi connectivity index (χ1n) is 6.15. The molecule has 1 fully saturated rings. The Balaban J connectivity index is 2.30. The Morgan fingerprint density at radius 2 is 2.11 bits per heavy atom. The molecule has 1 unspecified atom stereocenters. The molecule has 1 aromatic carbocycles. The molecule has 0 aromatic heterocycles. The molecule has 0 bridgehead atoms. The molecule has 1 atom stereocenters. The van der Waals surface area contributed by atoms with Gasteiger partial charge in [0, 0.05) is 25.2 Å². The van der Waals surface area contributed by atoms with Crippen molar-refractivity contribution in [2.24, 2.45) is 0 Å². The number of nitrogen functional groups attached to an aromatic ring is 1. The molecule has 1 heterocycles. The average Bonchev–Trinajstić information content (AvgIpc) is 2.70. The van der Waals surface area contributed by atoms with Crippen LogP contribution in [0, 0.1) is 11.6 Å². The third-order valence-electron chi connectivity index (χ3n) is 3.33. The molecule has 1 aliphatic heterocycles. The van der Waals surface area contributed by atoms with Gasteiger partial charge in [0.1, 0.15) is 5.82 Å². The van der Waals surface area contributed by atoms with Gasteiger partial charge in [-0.3, -0.25) is 0 Å². The number of likely N-dealkylation sites (N-methyl/N-ethyl adjacent to an activating group) is 1. The van der Waals surface area contributed by atoms with Gasteiger partial charge in [-0.05, 0) is 33.0 Å². The van der Waals surface area contributed by atoms with Gasteiger partial charge in [-0.1, -0.05) is 0 Å². The molecule has 2 rings (SSSR count). The highest BCUT2D eigenvalue weighted by Gasteiger charge is 2.27. The van der Waals surface area contributed by atoms with Crippen LogP contribution < -0.4 is 10.6 Å². The molecule has 5 heteroatoms. The zero-order valence-corrected chi connectivity index (χ0v) is 10.8. The van der Waals surface area contributed by atoms with Crippen molar-refractivity contribution in [1.82, 2.24) is 4.90 Å². The van der Waals surface area contributed by atoms with E-state index in [1.807, 2.05) is 19.0 Å². The van der Waals surface area contributed by atoms with Gasteiger partial charge in [-0.15, -0.1) is 0 Å². The Labute approximate surface area is 106 Å².